The second-order valence-corrected chi connectivity index (χ2v) is 6.30. The van der Waals surface area contributed by atoms with Gasteiger partial charge in [-0.1, -0.05) is 24.3 Å². The van der Waals surface area contributed by atoms with Crippen molar-refractivity contribution >= 4 is 6.09 Å². The molecule has 0 radical (unpaired) electrons. The molecule has 5 heteroatoms. The van der Waals surface area contributed by atoms with Crippen molar-refractivity contribution in [2.75, 3.05) is 19.8 Å². The van der Waals surface area contributed by atoms with Crippen LogP contribution in [-0.2, 0) is 26.0 Å². The van der Waals surface area contributed by atoms with Gasteiger partial charge in [0.2, 0.25) is 0 Å². The standard InChI is InChI=1S/C17H23NO4/c1-12(2)22-16(19)18-11-17(10-15-20-7-8-21-15)9-13-5-3-4-6-14(13)17/h3-6,12,15H,7-11H2,1-2H3,(H,18,19). The molecule has 1 aliphatic heterocycles. The van der Waals surface area contributed by atoms with E-state index in [0.29, 0.717) is 19.8 Å². The Kier molecular flexibility index (Phi) is 4.36. The lowest BCUT2D eigenvalue weighted by Gasteiger charge is -2.45. The SMILES string of the molecule is CC(C)OC(=O)NCC1(CC2OCCO2)Cc2ccccc21. The van der Waals surface area contributed by atoms with Gasteiger partial charge >= 0.3 is 6.09 Å². The number of carbonyl (C=O) groups excluding carboxylic acids is 1. The van der Waals surface area contributed by atoms with Gasteiger partial charge < -0.3 is 19.5 Å². The molecule has 0 aromatic heterocycles. The summed E-state index contributed by atoms with van der Waals surface area (Å²) in [5, 5.41) is 2.90. The third kappa shape index (κ3) is 3.10. The van der Waals surface area contributed by atoms with E-state index >= 15 is 0 Å². The van der Waals surface area contributed by atoms with Crippen LogP contribution in [0.15, 0.2) is 24.3 Å². The molecule has 1 amide bonds. The van der Waals surface area contributed by atoms with Crippen LogP contribution in [0.3, 0.4) is 0 Å². The average molecular weight is 305 g/mol. The minimum atomic E-state index is -0.369. The van der Waals surface area contributed by atoms with Crippen molar-refractivity contribution in [1.82, 2.24) is 5.32 Å². The molecule has 1 unspecified atom stereocenters. The van der Waals surface area contributed by atoms with Crippen LogP contribution in [0.5, 0.6) is 0 Å². The molecular formula is C17H23NO4. The Bertz CT molecular complexity index is 539. The van der Waals surface area contributed by atoms with Gasteiger partial charge in [0.1, 0.15) is 0 Å². The fourth-order valence-corrected chi connectivity index (χ4v) is 3.30. The zero-order chi connectivity index (χ0) is 15.6. The summed E-state index contributed by atoms with van der Waals surface area (Å²) in [4.78, 5) is 11.8. The first-order chi connectivity index (χ1) is 10.6. The predicted molar refractivity (Wildman–Crippen MR) is 81.8 cm³/mol. The summed E-state index contributed by atoms with van der Waals surface area (Å²) in [6.45, 7) is 5.51. The topological polar surface area (TPSA) is 56.8 Å². The van der Waals surface area contributed by atoms with Crippen LogP contribution in [0.2, 0.25) is 0 Å². The number of alkyl carbamates (subject to hydrolysis) is 1. The van der Waals surface area contributed by atoms with Crippen molar-refractivity contribution < 1.29 is 19.0 Å². The fraction of sp³-hybridized carbons (Fsp3) is 0.588. The first kappa shape index (κ1) is 15.3. The lowest BCUT2D eigenvalue weighted by Crippen LogP contribution is -2.50. The molecule has 1 aliphatic carbocycles. The summed E-state index contributed by atoms with van der Waals surface area (Å²) in [5.74, 6) is 0. The molecule has 1 fully saturated rings. The van der Waals surface area contributed by atoms with Crippen LogP contribution in [0.25, 0.3) is 0 Å². The first-order valence-corrected chi connectivity index (χ1v) is 7.85. The van der Waals surface area contributed by atoms with Crippen LogP contribution >= 0.6 is 0 Å². The van der Waals surface area contributed by atoms with E-state index in [0.717, 1.165) is 12.8 Å². The number of rotatable bonds is 5. The summed E-state index contributed by atoms with van der Waals surface area (Å²) < 4.78 is 16.4. The summed E-state index contributed by atoms with van der Waals surface area (Å²) in [7, 11) is 0. The van der Waals surface area contributed by atoms with Crippen molar-refractivity contribution in [2.24, 2.45) is 0 Å². The van der Waals surface area contributed by atoms with E-state index < -0.39 is 0 Å². The van der Waals surface area contributed by atoms with Crippen molar-refractivity contribution in [3.05, 3.63) is 35.4 Å². The Hall–Kier alpha value is -1.59. The number of amides is 1. The van der Waals surface area contributed by atoms with Crippen LogP contribution in [0, 0.1) is 0 Å². The van der Waals surface area contributed by atoms with Crippen molar-refractivity contribution in [3.8, 4) is 0 Å². The van der Waals surface area contributed by atoms with E-state index in [1.165, 1.54) is 11.1 Å². The molecule has 0 bridgehead atoms. The fourth-order valence-electron chi connectivity index (χ4n) is 3.30. The van der Waals surface area contributed by atoms with Gasteiger partial charge in [0, 0.05) is 18.4 Å². The molecule has 1 atom stereocenters. The Morgan fingerprint density at radius 1 is 1.36 bits per heavy atom. The summed E-state index contributed by atoms with van der Waals surface area (Å²) >= 11 is 0. The number of fused-ring (bicyclic) bond motifs is 1. The van der Waals surface area contributed by atoms with E-state index in [-0.39, 0.29) is 23.9 Å². The predicted octanol–water partition coefficient (Wildman–Crippen LogP) is 2.38. The van der Waals surface area contributed by atoms with E-state index in [4.69, 9.17) is 14.2 Å². The summed E-state index contributed by atoms with van der Waals surface area (Å²) in [6, 6.07) is 8.35. The van der Waals surface area contributed by atoms with Gasteiger partial charge in [0.15, 0.2) is 6.29 Å². The summed E-state index contributed by atoms with van der Waals surface area (Å²) in [5.41, 5.74) is 2.49. The molecule has 22 heavy (non-hydrogen) atoms. The first-order valence-electron chi connectivity index (χ1n) is 7.85. The molecule has 0 saturated carbocycles. The van der Waals surface area contributed by atoms with E-state index in [1.807, 2.05) is 26.0 Å². The van der Waals surface area contributed by atoms with Gasteiger partial charge in [-0.15, -0.1) is 0 Å². The Morgan fingerprint density at radius 2 is 2.09 bits per heavy atom. The van der Waals surface area contributed by atoms with Gasteiger partial charge in [-0.3, -0.25) is 0 Å². The third-order valence-corrected chi connectivity index (χ3v) is 4.28. The molecule has 1 N–H and O–H groups in total. The molecular weight excluding hydrogens is 282 g/mol. The monoisotopic (exact) mass is 305 g/mol. The number of hydrogen-bond donors (Lipinski definition) is 1. The molecule has 120 valence electrons. The lowest BCUT2D eigenvalue weighted by molar-refractivity contribution is -0.0641. The normalized spacial score (nSPS) is 24.0. The highest BCUT2D eigenvalue weighted by atomic mass is 16.7. The molecule has 1 aromatic carbocycles. The van der Waals surface area contributed by atoms with Gasteiger partial charge in [-0.05, 0) is 31.4 Å². The maximum absolute atomic E-state index is 11.8. The molecule has 2 aliphatic rings. The maximum Gasteiger partial charge on any atom is 0.407 e. The number of ether oxygens (including phenoxy) is 3. The average Bonchev–Trinajstić information content (AvgIpc) is 2.95. The molecule has 1 saturated heterocycles. The lowest BCUT2D eigenvalue weighted by atomic mass is 9.62. The highest BCUT2D eigenvalue weighted by Crippen LogP contribution is 2.45. The van der Waals surface area contributed by atoms with Crippen LogP contribution in [-0.4, -0.2) is 38.2 Å². The smallest absolute Gasteiger partial charge is 0.407 e. The number of benzene rings is 1. The Balaban J connectivity index is 1.69. The molecule has 5 nitrogen and oxygen atoms in total. The Morgan fingerprint density at radius 3 is 2.77 bits per heavy atom. The minimum absolute atomic E-state index is 0.119. The Labute approximate surface area is 130 Å². The van der Waals surface area contributed by atoms with Crippen molar-refractivity contribution in [1.29, 1.82) is 0 Å². The largest absolute Gasteiger partial charge is 0.447 e. The van der Waals surface area contributed by atoms with E-state index in [2.05, 4.69) is 17.4 Å². The number of nitrogens with one attached hydrogen (secondary N) is 1. The number of carbonyl (C=O) groups is 1. The highest BCUT2D eigenvalue weighted by Gasteiger charge is 2.45. The van der Waals surface area contributed by atoms with Crippen molar-refractivity contribution in [3.63, 3.8) is 0 Å². The van der Waals surface area contributed by atoms with Crippen LogP contribution in [0.4, 0.5) is 4.79 Å². The second-order valence-electron chi connectivity index (χ2n) is 6.30. The van der Waals surface area contributed by atoms with Gasteiger partial charge in [0.05, 0.1) is 19.3 Å². The third-order valence-electron chi connectivity index (χ3n) is 4.28. The minimum Gasteiger partial charge on any atom is -0.447 e. The molecule has 1 aromatic rings. The number of hydrogen-bond acceptors (Lipinski definition) is 4. The van der Waals surface area contributed by atoms with E-state index in [9.17, 15) is 4.79 Å². The van der Waals surface area contributed by atoms with Gasteiger partial charge in [-0.2, -0.15) is 0 Å². The van der Waals surface area contributed by atoms with Crippen LogP contribution in [0.1, 0.15) is 31.4 Å². The summed E-state index contributed by atoms with van der Waals surface area (Å²) in [6.07, 6.45) is 1.01. The second kappa shape index (κ2) is 6.26. The van der Waals surface area contributed by atoms with E-state index in [1.54, 1.807) is 0 Å². The van der Waals surface area contributed by atoms with Gasteiger partial charge in [0.25, 0.3) is 0 Å². The van der Waals surface area contributed by atoms with Crippen molar-refractivity contribution in [2.45, 2.75) is 44.5 Å². The van der Waals surface area contributed by atoms with Crippen LogP contribution < -0.4 is 5.32 Å². The molecule has 1 heterocycles. The zero-order valence-corrected chi connectivity index (χ0v) is 13.1. The highest BCUT2D eigenvalue weighted by molar-refractivity contribution is 5.67. The zero-order valence-electron chi connectivity index (χ0n) is 13.1. The molecule has 3 rings (SSSR count). The quantitative estimate of drug-likeness (QED) is 0.907. The molecule has 0 spiro atoms. The van der Waals surface area contributed by atoms with Gasteiger partial charge in [-0.25, -0.2) is 4.79 Å². The maximum atomic E-state index is 11.8.